The minimum absolute atomic E-state index is 0.121. The molecule has 1 saturated carbocycles. The predicted molar refractivity (Wildman–Crippen MR) is 77.9 cm³/mol. The molecule has 3 rings (SSSR count). The van der Waals surface area contributed by atoms with Crippen molar-refractivity contribution in [1.29, 1.82) is 0 Å². The van der Waals surface area contributed by atoms with Crippen molar-refractivity contribution in [2.45, 2.75) is 70.6 Å². The van der Waals surface area contributed by atoms with Crippen molar-refractivity contribution >= 4 is 5.91 Å². The Hall–Kier alpha value is -1.43. The van der Waals surface area contributed by atoms with Crippen LogP contribution in [0.2, 0.25) is 0 Å². The second-order valence-electron chi connectivity index (χ2n) is 6.28. The number of fused-ring (bicyclic) bond motifs is 1. The number of hydrogen-bond donors (Lipinski definition) is 2. The van der Waals surface area contributed by atoms with E-state index in [1.165, 1.54) is 6.42 Å². The quantitative estimate of drug-likeness (QED) is 0.876. The normalized spacial score (nSPS) is 26.4. The van der Waals surface area contributed by atoms with E-state index in [9.17, 15) is 9.90 Å². The third-order valence-electron chi connectivity index (χ3n) is 4.79. The Morgan fingerprint density at radius 1 is 1.38 bits per heavy atom. The molecule has 2 heterocycles. The first-order valence-electron chi connectivity index (χ1n) is 8.10. The number of aromatic nitrogens is 3. The molecule has 6 nitrogen and oxygen atoms in total. The molecule has 0 unspecified atom stereocenters. The van der Waals surface area contributed by atoms with Crippen LogP contribution in [0.15, 0.2) is 0 Å². The maximum absolute atomic E-state index is 12.5. The summed E-state index contributed by atoms with van der Waals surface area (Å²) in [6.45, 7) is 2.91. The number of carbonyl (C=O) groups excluding carboxylic acids is 1. The summed E-state index contributed by atoms with van der Waals surface area (Å²) in [5.74, 6) is 1.65. The van der Waals surface area contributed by atoms with Gasteiger partial charge in [-0.1, -0.05) is 13.3 Å². The largest absolute Gasteiger partial charge is 0.393 e. The molecule has 116 valence electrons. The van der Waals surface area contributed by atoms with Crippen LogP contribution in [-0.2, 0) is 13.0 Å². The van der Waals surface area contributed by atoms with Gasteiger partial charge in [-0.2, -0.15) is 0 Å². The third-order valence-corrected chi connectivity index (χ3v) is 4.79. The predicted octanol–water partition coefficient (Wildman–Crippen LogP) is 1.28. The van der Waals surface area contributed by atoms with E-state index in [2.05, 4.69) is 22.4 Å². The number of rotatable bonds is 4. The Morgan fingerprint density at radius 2 is 2.19 bits per heavy atom. The first-order chi connectivity index (χ1) is 10.2. The lowest BCUT2D eigenvalue weighted by Crippen LogP contribution is -2.47. The number of nitrogens with zero attached hydrogens (tertiary/aromatic N) is 3. The second kappa shape index (κ2) is 6.13. The molecular formula is C15H24N4O2. The molecule has 0 spiro atoms. The van der Waals surface area contributed by atoms with E-state index in [4.69, 9.17) is 0 Å². The Morgan fingerprint density at radius 3 is 2.90 bits per heavy atom. The highest BCUT2D eigenvalue weighted by Crippen LogP contribution is 2.31. The van der Waals surface area contributed by atoms with Crippen LogP contribution in [0.4, 0.5) is 0 Å². The number of aliphatic hydroxyl groups is 1. The van der Waals surface area contributed by atoms with Gasteiger partial charge in [0.1, 0.15) is 5.82 Å². The van der Waals surface area contributed by atoms with Gasteiger partial charge in [0.05, 0.1) is 6.10 Å². The molecule has 1 aromatic heterocycles. The van der Waals surface area contributed by atoms with Crippen molar-refractivity contribution in [3.8, 4) is 0 Å². The molecule has 2 N–H and O–H groups in total. The molecule has 0 saturated heterocycles. The summed E-state index contributed by atoms with van der Waals surface area (Å²) >= 11 is 0. The Kier molecular flexibility index (Phi) is 4.24. The van der Waals surface area contributed by atoms with E-state index in [-0.39, 0.29) is 18.1 Å². The van der Waals surface area contributed by atoms with Gasteiger partial charge in [0.25, 0.3) is 5.91 Å². The lowest BCUT2D eigenvalue weighted by atomic mass is 9.76. The molecule has 0 aromatic carbocycles. The smallest absolute Gasteiger partial charge is 0.289 e. The van der Waals surface area contributed by atoms with Gasteiger partial charge in [-0.05, 0) is 38.0 Å². The van der Waals surface area contributed by atoms with Crippen molar-refractivity contribution in [3.63, 3.8) is 0 Å². The summed E-state index contributed by atoms with van der Waals surface area (Å²) in [4.78, 5) is 12.5. The van der Waals surface area contributed by atoms with E-state index in [1.54, 1.807) is 0 Å². The molecule has 1 fully saturated rings. The van der Waals surface area contributed by atoms with E-state index in [0.29, 0.717) is 11.7 Å². The monoisotopic (exact) mass is 292 g/mol. The Labute approximate surface area is 124 Å². The first-order valence-corrected chi connectivity index (χ1v) is 8.10. The van der Waals surface area contributed by atoms with Gasteiger partial charge in [0, 0.05) is 19.0 Å². The van der Waals surface area contributed by atoms with Crippen LogP contribution in [0.5, 0.6) is 0 Å². The maximum Gasteiger partial charge on any atom is 0.289 e. The summed E-state index contributed by atoms with van der Waals surface area (Å²) in [6, 6.07) is 0.125. The van der Waals surface area contributed by atoms with Crippen LogP contribution in [0.1, 0.15) is 61.9 Å². The van der Waals surface area contributed by atoms with Crippen LogP contribution in [0.3, 0.4) is 0 Å². The lowest BCUT2D eigenvalue weighted by Gasteiger charge is -2.37. The Balaban J connectivity index is 1.69. The van der Waals surface area contributed by atoms with Gasteiger partial charge in [-0.25, -0.2) is 0 Å². The van der Waals surface area contributed by atoms with Crippen molar-refractivity contribution < 1.29 is 9.90 Å². The van der Waals surface area contributed by atoms with Crippen LogP contribution in [-0.4, -0.2) is 37.9 Å². The Bertz CT molecular complexity index is 508. The molecule has 1 amide bonds. The molecule has 2 aliphatic rings. The second-order valence-corrected chi connectivity index (χ2v) is 6.28. The van der Waals surface area contributed by atoms with E-state index >= 15 is 0 Å². The summed E-state index contributed by atoms with van der Waals surface area (Å²) in [6.07, 6.45) is 6.56. The van der Waals surface area contributed by atoms with Crippen molar-refractivity contribution in [1.82, 2.24) is 20.1 Å². The third kappa shape index (κ3) is 2.95. The fourth-order valence-corrected chi connectivity index (χ4v) is 3.40. The topological polar surface area (TPSA) is 80.0 Å². The van der Waals surface area contributed by atoms with Crippen molar-refractivity contribution in [2.24, 2.45) is 5.92 Å². The van der Waals surface area contributed by atoms with Gasteiger partial charge < -0.3 is 15.0 Å². The fourth-order valence-electron chi connectivity index (χ4n) is 3.40. The minimum atomic E-state index is -0.190. The molecule has 21 heavy (non-hydrogen) atoms. The molecule has 1 aliphatic heterocycles. The zero-order valence-electron chi connectivity index (χ0n) is 12.6. The molecule has 0 radical (unpaired) electrons. The number of carbonyl (C=O) groups is 1. The number of nitrogens with one attached hydrogen (secondary N) is 1. The highest BCUT2D eigenvalue weighted by atomic mass is 16.3. The zero-order valence-corrected chi connectivity index (χ0v) is 12.6. The van der Waals surface area contributed by atoms with Crippen molar-refractivity contribution in [2.75, 3.05) is 0 Å². The summed E-state index contributed by atoms with van der Waals surface area (Å²) in [7, 11) is 0. The average Bonchev–Trinajstić information content (AvgIpc) is 2.70. The SMILES string of the molecule is CC[C@@H](NC(=O)c1nnc2n1CCCCC2)C1CC(O)C1. The summed E-state index contributed by atoms with van der Waals surface area (Å²) < 4.78 is 1.98. The van der Waals surface area contributed by atoms with Gasteiger partial charge in [-0.3, -0.25) is 4.79 Å². The van der Waals surface area contributed by atoms with Crippen LogP contribution in [0, 0.1) is 5.92 Å². The van der Waals surface area contributed by atoms with Crippen LogP contribution in [0.25, 0.3) is 0 Å². The number of aliphatic hydroxyl groups excluding tert-OH is 1. The number of aryl methyl sites for hydroxylation is 1. The molecule has 1 aliphatic carbocycles. The molecule has 6 heteroatoms. The van der Waals surface area contributed by atoms with Crippen LogP contribution < -0.4 is 5.32 Å². The van der Waals surface area contributed by atoms with Gasteiger partial charge in [0.2, 0.25) is 5.82 Å². The first kappa shape index (κ1) is 14.5. The van der Waals surface area contributed by atoms with Crippen molar-refractivity contribution in [3.05, 3.63) is 11.6 Å². The minimum Gasteiger partial charge on any atom is -0.393 e. The fraction of sp³-hybridized carbons (Fsp3) is 0.800. The number of hydrogen-bond acceptors (Lipinski definition) is 4. The van der Waals surface area contributed by atoms with E-state index < -0.39 is 0 Å². The maximum atomic E-state index is 12.5. The average molecular weight is 292 g/mol. The zero-order chi connectivity index (χ0) is 14.8. The highest BCUT2D eigenvalue weighted by Gasteiger charge is 2.34. The molecule has 0 bridgehead atoms. The van der Waals surface area contributed by atoms with E-state index in [0.717, 1.165) is 50.9 Å². The highest BCUT2D eigenvalue weighted by molar-refractivity contribution is 5.91. The van der Waals surface area contributed by atoms with Crippen LogP contribution >= 0.6 is 0 Å². The lowest BCUT2D eigenvalue weighted by molar-refractivity contribution is 0.0231. The van der Waals surface area contributed by atoms with E-state index in [1.807, 2.05) is 4.57 Å². The number of amides is 1. The van der Waals surface area contributed by atoms with Gasteiger partial charge >= 0.3 is 0 Å². The molecule has 1 atom stereocenters. The summed E-state index contributed by atoms with van der Waals surface area (Å²) in [5, 5.41) is 20.8. The van der Waals surface area contributed by atoms with Gasteiger partial charge in [0.15, 0.2) is 0 Å². The molecule has 1 aromatic rings. The summed E-state index contributed by atoms with van der Waals surface area (Å²) in [5.41, 5.74) is 0. The van der Waals surface area contributed by atoms with Gasteiger partial charge in [-0.15, -0.1) is 10.2 Å². The standard InChI is InChI=1S/C15H24N4O2/c1-2-12(10-8-11(20)9-10)16-15(21)14-18-17-13-6-4-3-5-7-19(13)14/h10-12,20H,2-9H2,1H3,(H,16,21)/t10?,11?,12-/m1/s1. The molecular weight excluding hydrogens is 268 g/mol.